The van der Waals surface area contributed by atoms with Crippen molar-refractivity contribution in [2.24, 2.45) is 0 Å². The van der Waals surface area contributed by atoms with Crippen molar-refractivity contribution in [1.29, 1.82) is 0 Å². The number of carbonyl (C=O) groups excluding carboxylic acids is 1. The molecule has 0 aliphatic heterocycles. The van der Waals surface area contributed by atoms with Crippen molar-refractivity contribution in [3.05, 3.63) is 53.6 Å². The van der Waals surface area contributed by atoms with Crippen LogP contribution in [-0.4, -0.2) is 22.7 Å². The van der Waals surface area contributed by atoms with Crippen molar-refractivity contribution in [1.82, 2.24) is 5.32 Å². The van der Waals surface area contributed by atoms with Gasteiger partial charge in [-0.1, -0.05) is 31.2 Å². The third-order valence-electron chi connectivity index (χ3n) is 3.08. The van der Waals surface area contributed by atoms with E-state index in [0.29, 0.717) is 12.2 Å². The molecule has 4 N–H and O–H groups in total. The van der Waals surface area contributed by atoms with E-state index < -0.39 is 5.91 Å². The topological polar surface area (TPSA) is 81.6 Å². The SMILES string of the molecule is CCNCc1ccccc1NC(=O)c1c(O)cccc1O. The Bertz CT molecular complexity index is 621. The van der Waals surface area contributed by atoms with E-state index in [1.165, 1.54) is 18.2 Å². The van der Waals surface area contributed by atoms with Gasteiger partial charge in [0.25, 0.3) is 5.91 Å². The van der Waals surface area contributed by atoms with Crippen molar-refractivity contribution >= 4 is 11.6 Å². The molecule has 0 aliphatic carbocycles. The monoisotopic (exact) mass is 286 g/mol. The van der Waals surface area contributed by atoms with Crippen LogP contribution < -0.4 is 10.6 Å². The van der Waals surface area contributed by atoms with Gasteiger partial charge in [0.05, 0.1) is 0 Å². The number of phenols is 2. The van der Waals surface area contributed by atoms with E-state index in [2.05, 4.69) is 10.6 Å². The van der Waals surface area contributed by atoms with Crippen LogP contribution in [0.1, 0.15) is 22.8 Å². The summed E-state index contributed by atoms with van der Waals surface area (Å²) in [6, 6.07) is 11.6. The van der Waals surface area contributed by atoms with Crippen molar-refractivity contribution in [3.63, 3.8) is 0 Å². The Labute approximate surface area is 123 Å². The molecule has 2 aromatic rings. The summed E-state index contributed by atoms with van der Waals surface area (Å²) in [5.41, 5.74) is 1.45. The van der Waals surface area contributed by atoms with E-state index in [1.54, 1.807) is 6.07 Å². The number of benzene rings is 2. The maximum Gasteiger partial charge on any atom is 0.263 e. The normalized spacial score (nSPS) is 10.3. The molecule has 21 heavy (non-hydrogen) atoms. The largest absolute Gasteiger partial charge is 0.507 e. The number of phenolic OH excluding ortho intramolecular Hbond substituents is 2. The van der Waals surface area contributed by atoms with E-state index in [4.69, 9.17) is 0 Å². The first-order chi connectivity index (χ1) is 10.1. The molecule has 0 bridgehead atoms. The molecule has 1 amide bonds. The third kappa shape index (κ3) is 3.52. The standard InChI is InChI=1S/C16H18N2O3/c1-2-17-10-11-6-3-4-7-12(11)18-16(21)15-13(19)8-5-9-14(15)20/h3-9,17,19-20H,2,10H2,1H3,(H,18,21). The Hall–Kier alpha value is -2.53. The van der Waals surface area contributed by atoms with Crippen molar-refractivity contribution in [2.75, 3.05) is 11.9 Å². The van der Waals surface area contributed by atoms with Gasteiger partial charge in [0.1, 0.15) is 17.1 Å². The summed E-state index contributed by atoms with van der Waals surface area (Å²) in [5.74, 6) is -1.05. The Morgan fingerprint density at radius 3 is 2.38 bits per heavy atom. The number of carbonyl (C=O) groups is 1. The molecule has 0 saturated heterocycles. The van der Waals surface area contributed by atoms with Gasteiger partial charge in [0.15, 0.2) is 0 Å². The van der Waals surface area contributed by atoms with Crippen LogP contribution in [0, 0.1) is 0 Å². The van der Waals surface area contributed by atoms with Crippen molar-refractivity contribution in [2.45, 2.75) is 13.5 Å². The molecule has 2 rings (SSSR count). The Kier molecular flexibility index (Phi) is 4.79. The van der Waals surface area contributed by atoms with Crippen LogP contribution in [0.15, 0.2) is 42.5 Å². The van der Waals surface area contributed by atoms with Crippen LogP contribution in [-0.2, 0) is 6.54 Å². The molecule has 0 unspecified atom stereocenters. The molecule has 0 saturated carbocycles. The molecule has 5 nitrogen and oxygen atoms in total. The van der Waals surface area contributed by atoms with E-state index in [-0.39, 0.29) is 17.1 Å². The molecule has 0 spiro atoms. The molecule has 110 valence electrons. The molecule has 0 radical (unpaired) electrons. The maximum atomic E-state index is 12.2. The van der Waals surface area contributed by atoms with Gasteiger partial charge in [-0.05, 0) is 30.3 Å². The average Bonchev–Trinajstić information content (AvgIpc) is 2.46. The number of aromatic hydroxyl groups is 2. The smallest absolute Gasteiger partial charge is 0.263 e. The molecule has 0 atom stereocenters. The van der Waals surface area contributed by atoms with Gasteiger partial charge in [0, 0.05) is 12.2 Å². The minimum Gasteiger partial charge on any atom is -0.507 e. The van der Waals surface area contributed by atoms with Gasteiger partial charge in [-0.2, -0.15) is 0 Å². The highest BCUT2D eigenvalue weighted by Crippen LogP contribution is 2.27. The Morgan fingerprint density at radius 1 is 1.05 bits per heavy atom. The second-order valence-electron chi connectivity index (χ2n) is 4.56. The fourth-order valence-electron chi connectivity index (χ4n) is 2.00. The highest BCUT2D eigenvalue weighted by atomic mass is 16.3. The summed E-state index contributed by atoms with van der Waals surface area (Å²) in [4.78, 5) is 12.2. The van der Waals surface area contributed by atoms with Gasteiger partial charge in [0.2, 0.25) is 0 Å². The van der Waals surface area contributed by atoms with Crippen LogP contribution in [0.2, 0.25) is 0 Å². The lowest BCUT2D eigenvalue weighted by molar-refractivity contribution is 0.102. The molecule has 0 fully saturated rings. The van der Waals surface area contributed by atoms with E-state index in [1.807, 2.05) is 25.1 Å². The first kappa shape index (κ1) is 14.9. The molecule has 5 heteroatoms. The number of hydrogen-bond acceptors (Lipinski definition) is 4. The summed E-state index contributed by atoms with van der Waals surface area (Å²) >= 11 is 0. The van der Waals surface area contributed by atoms with E-state index >= 15 is 0 Å². The fourth-order valence-corrected chi connectivity index (χ4v) is 2.00. The molecule has 0 aliphatic rings. The van der Waals surface area contributed by atoms with Crippen molar-refractivity contribution in [3.8, 4) is 11.5 Å². The van der Waals surface area contributed by atoms with Gasteiger partial charge in [-0.25, -0.2) is 0 Å². The zero-order valence-electron chi connectivity index (χ0n) is 11.8. The quantitative estimate of drug-likeness (QED) is 0.680. The summed E-state index contributed by atoms with van der Waals surface area (Å²) in [6.45, 7) is 3.45. The van der Waals surface area contributed by atoms with Gasteiger partial charge < -0.3 is 20.8 Å². The van der Waals surface area contributed by atoms with Crippen molar-refractivity contribution < 1.29 is 15.0 Å². The average molecular weight is 286 g/mol. The summed E-state index contributed by atoms with van der Waals surface area (Å²) < 4.78 is 0. The first-order valence-electron chi connectivity index (χ1n) is 6.74. The molecule has 0 aromatic heterocycles. The fraction of sp³-hybridized carbons (Fsp3) is 0.188. The Morgan fingerprint density at radius 2 is 1.71 bits per heavy atom. The van der Waals surface area contributed by atoms with Crippen LogP contribution in [0.4, 0.5) is 5.69 Å². The van der Waals surface area contributed by atoms with Crippen LogP contribution >= 0.6 is 0 Å². The molecule has 2 aromatic carbocycles. The van der Waals surface area contributed by atoms with E-state index in [9.17, 15) is 15.0 Å². The summed E-state index contributed by atoms with van der Waals surface area (Å²) in [7, 11) is 0. The second kappa shape index (κ2) is 6.76. The number of hydrogen-bond donors (Lipinski definition) is 4. The third-order valence-corrected chi connectivity index (χ3v) is 3.08. The number of nitrogens with one attached hydrogen (secondary N) is 2. The number of amides is 1. The van der Waals surface area contributed by atoms with Crippen LogP contribution in [0.5, 0.6) is 11.5 Å². The Balaban J connectivity index is 2.24. The zero-order valence-corrected chi connectivity index (χ0v) is 11.8. The minimum atomic E-state index is -0.547. The van der Waals surface area contributed by atoms with Crippen LogP contribution in [0.3, 0.4) is 0 Å². The lowest BCUT2D eigenvalue weighted by Crippen LogP contribution is -2.17. The number of anilines is 1. The summed E-state index contributed by atoms with van der Waals surface area (Å²) in [6.07, 6.45) is 0. The predicted octanol–water partition coefficient (Wildman–Crippen LogP) is 2.46. The van der Waals surface area contributed by atoms with Gasteiger partial charge in [-0.15, -0.1) is 0 Å². The molecular formula is C16H18N2O3. The maximum absolute atomic E-state index is 12.2. The van der Waals surface area contributed by atoms with E-state index in [0.717, 1.165) is 12.1 Å². The molecule has 0 heterocycles. The minimum absolute atomic E-state index is 0.129. The predicted molar refractivity (Wildman–Crippen MR) is 81.5 cm³/mol. The first-order valence-corrected chi connectivity index (χ1v) is 6.74. The zero-order chi connectivity index (χ0) is 15.2. The molecular weight excluding hydrogens is 268 g/mol. The highest BCUT2D eigenvalue weighted by Gasteiger charge is 2.17. The van der Waals surface area contributed by atoms with Gasteiger partial charge >= 0.3 is 0 Å². The number of para-hydroxylation sites is 1. The lowest BCUT2D eigenvalue weighted by atomic mass is 10.1. The number of rotatable bonds is 5. The highest BCUT2D eigenvalue weighted by molar-refractivity contribution is 6.08. The lowest BCUT2D eigenvalue weighted by Gasteiger charge is -2.12. The second-order valence-corrected chi connectivity index (χ2v) is 4.56. The van der Waals surface area contributed by atoms with Crippen LogP contribution in [0.25, 0.3) is 0 Å². The van der Waals surface area contributed by atoms with Gasteiger partial charge in [-0.3, -0.25) is 4.79 Å². The summed E-state index contributed by atoms with van der Waals surface area (Å²) in [5, 5.41) is 25.3.